The quantitative estimate of drug-likeness (QED) is 0.404. The molecule has 164 valence electrons. The van der Waals surface area contributed by atoms with Crippen LogP contribution in [0.25, 0.3) is 0 Å². The van der Waals surface area contributed by atoms with Gasteiger partial charge in [0.25, 0.3) is 0 Å². The average molecular weight is 449 g/mol. The molecule has 0 fully saturated rings. The lowest BCUT2D eigenvalue weighted by Crippen LogP contribution is -2.19. The number of benzene rings is 2. The van der Waals surface area contributed by atoms with Crippen molar-refractivity contribution in [2.45, 2.75) is 33.9 Å². The minimum Gasteiger partial charge on any atom is -0.330 e. The second-order valence-electron chi connectivity index (χ2n) is 7.79. The van der Waals surface area contributed by atoms with Crippen molar-refractivity contribution in [1.29, 1.82) is 0 Å². The van der Waals surface area contributed by atoms with Crippen LogP contribution in [-0.4, -0.2) is 24.7 Å². The molecule has 0 aliphatic rings. The van der Waals surface area contributed by atoms with Gasteiger partial charge in [-0.05, 0) is 44.6 Å². The van der Waals surface area contributed by atoms with E-state index in [9.17, 15) is 4.39 Å². The third-order valence-corrected chi connectivity index (χ3v) is 5.46. The molecule has 6 nitrogen and oxygen atoms in total. The molecule has 4 rings (SSSR count). The van der Waals surface area contributed by atoms with Crippen LogP contribution < -0.4 is 10.6 Å². The fourth-order valence-corrected chi connectivity index (χ4v) is 3.71. The molecule has 0 bridgehead atoms. The van der Waals surface area contributed by atoms with Gasteiger partial charge in [0.05, 0.1) is 42.0 Å². The third-order valence-electron chi connectivity index (χ3n) is 5.25. The maximum atomic E-state index is 13.9. The van der Waals surface area contributed by atoms with Crippen LogP contribution in [0.15, 0.2) is 60.9 Å². The van der Waals surface area contributed by atoms with Crippen molar-refractivity contribution in [1.82, 2.24) is 19.6 Å². The van der Waals surface area contributed by atoms with Crippen molar-refractivity contribution >= 4 is 28.7 Å². The minimum atomic E-state index is -0.247. The van der Waals surface area contributed by atoms with Gasteiger partial charge >= 0.3 is 0 Å². The molecule has 2 aromatic carbocycles. The van der Waals surface area contributed by atoms with Crippen LogP contribution in [0.2, 0.25) is 0 Å². The first kappa shape index (κ1) is 21.7. The predicted octanol–water partition coefficient (Wildman–Crippen LogP) is 5.05. The molecule has 2 heterocycles. The lowest BCUT2D eigenvalue weighted by Gasteiger charge is -2.10. The minimum absolute atomic E-state index is 0.247. The Morgan fingerprint density at radius 1 is 1.00 bits per heavy atom. The predicted molar refractivity (Wildman–Crippen MR) is 130 cm³/mol. The summed E-state index contributed by atoms with van der Waals surface area (Å²) >= 11 is 5.49. The van der Waals surface area contributed by atoms with Gasteiger partial charge in [0.1, 0.15) is 5.82 Å². The van der Waals surface area contributed by atoms with Crippen molar-refractivity contribution in [3.05, 3.63) is 94.8 Å². The largest absolute Gasteiger partial charge is 0.330 e. The number of hydrogen-bond donors (Lipinski definition) is 2. The van der Waals surface area contributed by atoms with E-state index >= 15 is 0 Å². The zero-order chi connectivity index (χ0) is 22.7. The summed E-state index contributed by atoms with van der Waals surface area (Å²) in [5.41, 5.74) is 6.48. The van der Waals surface area contributed by atoms with Crippen molar-refractivity contribution in [3.63, 3.8) is 0 Å². The molecule has 2 aromatic heterocycles. The summed E-state index contributed by atoms with van der Waals surface area (Å²) in [5.74, 6) is -0.247. The van der Waals surface area contributed by atoms with Crippen molar-refractivity contribution < 1.29 is 4.39 Å². The molecule has 0 radical (unpaired) electrons. The Balaban J connectivity index is 1.40. The van der Waals surface area contributed by atoms with Gasteiger partial charge in [-0.25, -0.2) is 4.39 Å². The molecule has 0 amide bonds. The van der Waals surface area contributed by atoms with Gasteiger partial charge in [0.2, 0.25) is 0 Å². The van der Waals surface area contributed by atoms with E-state index in [1.54, 1.807) is 29.2 Å². The first-order chi connectivity index (χ1) is 15.4. The van der Waals surface area contributed by atoms with Crippen LogP contribution in [0, 0.1) is 26.6 Å². The van der Waals surface area contributed by atoms with Gasteiger partial charge in [-0.15, -0.1) is 0 Å². The Kier molecular flexibility index (Phi) is 6.32. The van der Waals surface area contributed by atoms with Gasteiger partial charge in [-0.2, -0.15) is 10.2 Å². The van der Waals surface area contributed by atoms with E-state index in [1.165, 1.54) is 17.2 Å². The third kappa shape index (κ3) is 5.03. The van der Waals surface area contributed by atoms with E-state index in [1.807, 2.05) is 24.6 Å². The highest BCUT2D eigenvalue weighted by atomic mass is 32.1. The second kappa shape index (κ2) is 9.32. The normalized spacial score (nSPS) is 10.9. The summed E-state index contributed by atoms with van der Waals surface area (Å²) in [6.07, 6.45) is 3.45. The van der Waals surface area contributed by atoms with E-state index in [-0.39, 0.29) is 5.82 Å². The van der Waals surface area contributed by atoms with Gasteiger partial charge in [-0.1, -0.05) is 48.0 Å². The van der Waals surface area contributed by atoms with Crippen molar-refractivity contribution in [2.24, 2.45) is 0 Å². The van der Waals surface area contributed by atoms with Crippen LogP contribution in [0.5, 0.6) is 0 Å². The molecule has 0 aliphatic carbocycles. The number of thiocarbonyl (C=S) groups is 1. The SMILES string of the molecule is Cc1ccc(Cn2nc(C)c(NC(=S)Nc3cnn(Cc4ccccc4F)c3)c2C)cc1. The Labute approximate surface area is 192 Å². The fraction of sp³-hybridized carbons (Fsp3) is 0.208. The second-order valence-corrected chi connectivity index (χ2v) is 8.19. The summed E-state index contributed by atoms with van der Waals surface area (Å²) in [4.78, 5) is 0. The maximum absolute atomic E-state index is 13.9. The van der Waals surface area contributed by atoms with Gasteiger partial charge in [0.15, 0.2) is 5.11 Å². The summed E-state index contributed by atoms with van der Waals surface area (Å²) in [5, 5.41) is 15.8. The highest BCUT2D eigenvalue weighted by Gasteiger charge is 2.14. The molecular formula is C24H25FN6S. The molecule has 0 saturated carbocycles. The molecule has 0 spiro atoms. The molecule has 32 heavy (non-hydrogen) atoms. The van der Waals surface area contributed by atoms with Crippen LogP contribution in [0.4, 0.5) is 15.8 Å². The monoisotopic (exact) mass is 448 g/mol. The Morgan fingerprint density at radius 3 is 2.50 bits per heavy atom. The number of aromatic nitrogens is 4. The lowest BCUT2D eigenvalue weighted by molar-refractivity contribution is 0.585. The molecule has 0 atom stereocenters. The number of nitrogens with zero attached hydrogens (tertiary/aromatic N) is 4. The summed E-state index contributed by atoms with van der Waals surface area (Å²) in [7, 11) is 0. The highest BCUT2D eigenvalue weighted by molar-refractivity contribution is 7.80. The molecule has 2 N–H and O–H groups in total. The van der Waals surface area contributed by atoms with Crippen LogP contribution in [0.1, 0.15) is 28.1 Å². The van der Waals surface area contributed by atoms with Crippen molar-refractivity contribution in [2.75, 3.05) is 10.6 Å². The van der Waals surface area contributed by atoms with Crippen molar-refractivity contribution in [3.8, 4) is 0 Å². The number of hydrogen-bond acceptors (Lipinski definition) is 3. The first-order valence-corrected chi connectivity index (χ1v) is 10.7. The van der Waals surface area contributed by atoms with E-state index in [4.69, 9.17) is 12.2 Å². The average Bonchev–Trinajstić information content (AvgIpc) is 3.30. The number of aryl methyl sites for hydroxylation is 2. The summed E-state index contributed by atoms with van der Waals surface area (Å²) in [6, 6.07) is 15.1. The zero-order valence-electron chi connectivity index (χ0n) is 18.3. The molecule has 4 aromatic rings. The van der Waals surface area contributed by atoms with Crippen LogP contribution >= 0.6 is 12.2 Å². The summed E-state index contributed by atoms with van der Waals surface area (Å²) in [6.45, 7) is 7.09. The van der Waals surface area contributed by atoms with Gasteiger partial charge < -0.3 is 10.6 Å². The van der Waals surface area contributed by atoms with Crippen LogP contribution in [0.3, 0.4) is 0 Å². The number of rotatable bonds is 6. The number of anilines is 2. The molecule has 0 aliphatic heterocycles. The van der Waals surface area contributed by atoms with Crippen LogP contribution in [-0.2, 0) is 13.1 Å². The molecular weight excluding hydrogens is 423 g/mol. The van der Waals surface area contributed by atoms with Gasteiger partial charge in [-0.3, -0.25) is 9.36 Å². The fourth-order valence-electron chi connectivity index (χ4n) is 3.49. The molecule has 0 saturated heterocycles. The zero-order valence-corrected chi connectivity index (χ0v) is 19.1. The topological polar surface area (TPSA) is 59.7 Å². The maximum Gasteiger partial charge on any atom is 0.175 e. The van der Waals surface area contributed by atoms with Gasteiger partial charge in [0, 0.05) is 11.8 Å². The number of halogens is 1. The Hall–Kier alpha value is -3.52. The smallest absolute Gasteiger partial charge is 0.175 e. The number of nitrogens with one attached hydrogen (secondary N) is 2. The Bertz CT molecular complexity index is 1240. The first-order valence-electron chi connectivity index (χ1n) is 10.3. The molecule has 0 unspecified atom stereocenters. The molecule has 8 heteroatoms. The standard InChI is InChI=1S/C24H25FN6S/c1-16-8-10-19(11-9-16)13-31-18(3)23(17(2)29-31)28-24(32)27-21-12-26-30(15-21)14-20-6-4-5-7-22(20)25/h4-12,15H,13-14H2,1-3H3,(H2,27,28,32). The highest BCUT2D eigenvalue weighted by Crippen LogP contribution is 2.21. The van der Waals surface area contributed by atoms with E-state index in [0.29, 0.717) is 23.8 Å². The van der Waals surface area contributed by atoms with E-state index in [0.717, 1.165) is 22.8 Å². The lowest BCUT2D eigenvalue weighted by atomic mass is 10.1. The van der Waals surface area contributed by atoms with E-state index in [2.05, 4.69) is 52.0 Å². The Morgan fingerprint density at radius 2 is 1.75 bits per heavy atom. The summed E-state index contributed by atoms with van der Waals surface area (Å²) < 4.78 is 17.5. The van der Waals surface area contributed by atoms with E-state index < -0.39 is 0 Å².